The van der Waals surface area contributed by atoms with Crippen molar-refractivity contribution in [1.82, 2.24) is 9.72 Å². The highest BCUT2D eigenvalue weighted by Gasteiger charge is 2.29. The smallest absolute Gasteiger partial charge is 0.338 e. The number of para-hydroxylation sites is 1. The summed E-state index contributed by atoms with van der Waals surface area (Å²) in [5, 5.41) is 23.9. The van der Waals surface area contributed by atoms with Crippen LogP contribution in [-0.2, 0) is 0 Å². The summed E-state index contributed by atoms with van der Waals surface area (Å²) in [6.45, 7) is 3.38. The lowest BCUT2D eigenvalue weighted by atomic mass is 10.0. The molecule has 0 saturated carbocycles. The van der Waals surface area contributed by atoms with Crippen molar-refractivity contribution in [3.8, 4) is 22.7 Å². The molecule has 0 amide bonds. The third-order valence-corrected chi connectivity index (χ3v) is 4.53. The molecular weight excluding hydrogens is 351 g/mol. The number of rotatable bonds is 3. The number of fused-ring (bicyclic) bond motifs is 1. The van der Waals surface area contributed by atoms with Crippen LogP contribution in [0.1, 0.15) is 21.8 Å². The molecule has 4 rings (SSSR count). The number of hydrogen-bond acceptors (Lipinski definition) is 4. The molecule has 7 heteroatoms. The second-order valence-corrected chi connectivity index (χ2v) is 6.22. The van der Waals surface area contributed by atoms with Crippen molar-refractivity contribution in [2.24, 2.45) is 0 Å². The Labute approximate surface area is 153 Å². The lowest BCUT2D eigenvalue weighted by Crippen LogP contribution is -2.04. The van der Waals surface area contributed by atoms with Crippen LogP contribution < -0.4 is 0 Å². The van der Waals surface area contributed by atoms with Gasteiger partial charge in [-0.25, -0.2) is 9.18 Å². The van der Waals surface area contributed by atoms with E-state index in [1.54, 1.807) is 38.1 Å². The molecule has 0 bridgehead atoms. The second-order valence-electron chi connectivity index (χ2n) is 6.22. The fraction of sp³-hybridized carbons (Fsp3) is 0.100. The predicted octanol–water partition coefficient (Wildman–Crippen LogP) is 4.45. The van der Waals surface area contributed by atoms with Gasteiger partial charge in [-0.1, -0.05) is 23.4 Å². The molecule has 2 aromatic carbocycles. The zero-order chi connectivity index (χ0) is 19.3. The van der Waals surface area contributed by atoms with Crippen LogP contribution in [-0.4, -0.2) is 25.9 Å². The molecule has 0 radical (unpaired) electrons. The van der Waals surface area contributed by atoms with E-state index in [9.17, 15) is 19.4 Å². The van der Waals surface area contributed by atoms with Crippen LogP contribution in [0.15, 0.2) is 47.0 Å². The van der Waals surface area contributed by atoms with Crippen LogP contribution in [0.4, 0.5) is 4.39 Å². The van der Waals surface area contributed by atoms with E-state index in [4.69, 9.17) is 4.52 Å². The lowest BCUT2D eigenvalue weighted by molar-refractivity contribution is 0.0700. The molecule has 0 atom stereocenters. The van der Waals surface area contributed by atoms with Gasteiger partial charge in [0, 0.05) is 11.5 Å². The minimum atomic E-state index is -1.14. The number of aromatic hydroxyl groups is 1. The van der Waals surface area contributed by atoms with Crippen LogP contribution in [0.3, 0.4) is 0 Å². The van der Waals surface area contributed by atoms with Gasteiger partial charge in [0.2, 0.25) is 0 Å². The number of phenolic OH excluding ortho intramolecular Hbond substituents is 1. The Bertz CT molecular complexity index is 1190. The number of phenols is 1. The van der Waals surface area contributed by atoms with E-state index in [1.165, 1.54) is 16.7 Å². The molecule has 2 heterocycles. The third-order valence-electron chi connectivity index (χ3n) is 4.53. The maximum Gasteiger partial charge on any atom is 0.338 e. The number of aryl methyl sites for hydroxylation is 2. The largest absolute Gasteiger partial charge is 0.508 e. The highest BCUT2D eigenvalue weighted by molar-refractivity contribution is 6.11. The van der Waals surface area contributed by atoms with Crippen LogP contribution in [0, 0.1) is 19.7 Å². The SMILES string of the molecule is Cc1noc(C)c1-c1c(C(=O)O)c2ccccc2n1-c1ccc(O)cc1F. The predicted molar refractivity (Wildman–Crippen MR) is 96.8 cm³/mol. The Morgan fingerprint density at radius 2 is 1.93 bits per heavy atom. The van der Waals surface area contributed by atoms with Crippen LogP contribution in [0.5, 0.6) is 5.75 Å². The van der Waals surface area contributed by atoms with E-state index in [-0.39, 0.29) is 22.7 Å². The number of carboxylic acid groups (broad SMARTS) is 1. The van der Waals surface area contributed by atoms with Gasteiger partial charge < -0.3 is 19.3 Å². The van der Waals surface area contributed by atoms with Gasteiger partial charge in [0.15, 0.2) is 5.82 Å². The fourth-order valence-corrected chi connectivity index (χ4v) is 3.44. The molecular formula is C20H15FN2O4. The lowest BCUT2D eigenvalue weighted by Gasteiger charge is -2.13. The zero-order valence-electron chi connectivity index (χ0n) is 14.5. The standard InChI is InChI=1S/C20H15FN2O4/c1-10-17(11(2)27-22-10)19-18(20(25)26)13-5-3-4-6-15(13)23(19)16-8-7-12(24)9-14(16)21/h3-9,24H,1-2H3,(H,25,26). The summed E-state index contributed by atoms with van der Waals surface area (Å²) < 4.78 is 21.5. The molecule has 2 N–H and O–H groups in total. The first-order valence-electron chi connectivity index (χ1n) is 8.19. The number of aromatic carboxylic acids is 1. The molecule has 27 heavy (non-hydrogen) atoms. The van der Waals surface area contributed by atoms with Gasteiger partial charge in [-0.15, -0.1) is 0 Å². The van der Waals surface area contributed by atoms with E-state index >= 15 is 0 Å². The summed E-state index contributed by atoms with van der Waals surface area (Å²) in [5.74, 6) is -1.61. The van der Waals surface area contributed by atoms with Crippen molar-refractivity contribution in [3.63, 3.8) is 0 Å². The maximum atomic E-state index is 14.7. The molecule has 0 aliphatic carbocycles. The van der Waals surface area contributed by atoms with Crippen molar-refractivity contribution in [2.75, 3.05) is 0 Å². The summed E-state index contributed by atoms with van der Waals surface area (Å²) in [7, 11) is 0. The van der Waals surface area contributed by atoms with Gasteiger partial charge >= 0.3 is 5.97 Å². The van der Waals surface area contributed by atoms with Crippen molar-refractivity contribution < 1.29 is 23.9 Å². The molecule has 136 valence electrons. The van der Waals surface area contributed by atoms with Gasteiger partial charge in [-0.3, -0.25) is 0 Å². The number of benzene rings is 2. The number of halogens is 1. The quantitative estimate of drug-likeness (QED) is 0.559. The Morgan fingerprint density at radius 3 is 2.56 bits per heavy atom. The van der Waals surface area contributed by atoms with Crippen molar-refractivity contribution >= 4 is 16.9 Å². The number of carbonyl (C=O) groups is 1. The summed E-state index contributed by atoms with van der Waals surface area (Å²) in [4.78, 5) is 12.1. The fourth-order valence-electron chi connectivity index (χ4n) is 3.44. The van der Waals surface area contributed by atoms with Crippen LogP contribution in [0.2, 0.25) is 0 Å². The van der Waals surface area contributed by atoms with E-state index in [2.05, 4.69) is 5.16 Å². The van der Waals surface area contributed by atoms with Crippen LogP contribution >= 0.6 is 0 Å². The van der Waals surface area contributed by atoms with Crippen molar-refractivity contribution in [3.05, 3.63) is 65.3 Å². The van der Waals surface area contributed by atoms with Gasteiger partial charge in [0.1, 0.15) is 11.5 Å². The van der Waals surface area contributed by atoms with Gasteiger partial charge in [-0.05, 0) is 32.0 Å². The summed E-state index contributed by atoms with van der Waals surface area (Å²) in [6.07, 6.45) is 0. The molecule has 0 unspecified atom stereocenters. The van der Waals surface area contributed by atoms with Crippen LogP contribution in [0.25, 0.3) is 27.8 Å². The van der Waals surface area contributed by atoms with Gasteiger partial charge in [-0.2, -0.15) is 0 Å². The Hall–Kier alpha value is -3.61. The molecule has 0 aliphatic heterocycles. The number of hydrogen-bond donors (Lipinski definition) is 2. The number of aromatic nitrogens is 2. The third kappa shape index (κ3) is 2.47. The Balaban J connectivity index is 2.24. The van der Waals surface area contributed by atoms with E-state index in [1.807, 2.05) is 0 Å². The number of nitrogens with zero attached hydrogens (tertiary/aromatic N) is 2. The first-order chi connectivity index (χ1) is 12.9. The second kappa shape index (κ2) is 5.98. The molecule has 0 aliphatic rings. The maximum absolute atomic E-state index is 14.7. The highest BCUT2D eigenvalue weighted by Crippen LogP contribution is 2.40. The first kappa shape index (κ1) is 16.8. The minimum Gasteiger partial charge on any atom is -0.508 e. The molecule has 4 aromatic rings. The van der Waals surface area contributed by atoms with E-state index < -0.39 is 11.8 Å². The first-order valence-corrected chi connectivity index (χ1v) is 8.19. The Kier molecular flexibility index (Phi) is 3.73. The topological polar surface area (TPSA) is 88.5 Å². The number of carboxylic acids is 1. The Morgan fingerprint density at radius 1 is 1.19 bits per heavy atom. The van der Waals surface area contributed by atoms with Gasteiger partial charge in [0.25, 0.3) is 0 Å². The monoisotopic (exact) mass is 366 g/mol. The molecule has 0 saturated heterocycles. The molecule has 0 spiro atoms. The molecule has 2 aromatic heterocycles. The zero-order valence-corrected chi connectivity index (χ0v) is 14.5. The molecule has 0 fully saturated rings. The normalized spacial score (nSPS) is 11.2. The average molecular weight is 366 g/mol. The summed E-state index contributed by atoms with van der Waals surface area (Å²) >= 11 is 0. The molecule has 6 nitrogen and oxygen atoms in total. The summed E-state index contributed by atoms with van der Waals surface area (Å²) in [5.41, 5.74) is 1.95. The highest BCUT2D eigenvalue weighted by atomic mass is 19.1. The van der Waals surface area contributed by atoms with E-state index in [0.717, 1.165) is 6.07 Å². The van der Waals surface area contributed by atoms with Crippen molar-refractivity contribution in [2.45, 2.75) is 13.8 Å². The van der Waals surface area contributed by atoms with E-state index in [0.29, 0.717) is 27.9 Å². The minimum absolute atomic E-state index is 0.0347. The summed E-state index contributed by atoms with van der Waals surface area (Å²) in [6, 6.07) is 10.6. The average Bonchev–Trinajstić information content (AvgIpc) is 3.12. The van der Waals surface area contributed by atoms with Crippen molar-refractivity contribution in [1.29, 1.82) is 0 Å². The van der Waals surface area contributed by atoms with Gasteiger partial charge in [0.05, 0.1) is 33.7 Å².